The van der Waals surface area contributed by atoms with Crippen LogP contribution in [-0.2, 0) is 9.53 Å². The highest BCUT2D eigenvalue weighted by Crippen LogP contribution is 2.21. The molecule has 1 N–H and O–H groups in total. The second kappa shape index (κ2) is 9.40. The quantitative estimate of drug-likeness (QED) is 0.445. The number of ether oxygens (including phenoxy) is 1. The van der Waals surface area contributed by atoms with Gasteiger partial charge in [-0.3, -0.25) is 4.79 Å². The molecule has 4 aromatic rings. The first-order valence-electron chi connectivity index (χ1n) is 9.72. The van der Waals surface area contributed by atoms with Crippen LogP contribution in [0.4, 0.5) is 5.82 Å². The summed E-state index contributed by atoms with van der Waals surface area (Å²) in [5.74, 6) is -0.745. The number of nitrogens with one attached hydrogen (secondary N) is 1. The van der Waals surface area contributed by atoms with Gasteiger partial charge >= 0.3 is 5.97 Å². The summed E-state index contributed by atoms with van der Waals surface area (Å²) in [6.45, 7) is 1.45. The maximum Gasteiger partial charge on any atom is 0.379 e. The largest absolute Gasteiger partial charge is 0.447 e. The molecule has 0 spiro atoms. The molecule has 0 aliphatic carbocycles. The molecule has 8 nitrogen and oxygen atoms in total. The van der Waals surface area contributed by atoms with Crippen molar-refractivity contribution in [3.63, 3.8) is 0 Å². The van der Waals surface area contributed by atoms with Crippen LogP contribution in [0, 0.1) is 0 Å². The number of nitrogens with zero attached hydrogens (tertiary/aromatic N) is 4. The predicted molar refractivity (Wildman–Crippen MR) is 120 cm³/mol. The Morgan fingerprint density at radius 2 is 1.69 bits per heavy atom. The summed E-state index contributed by atoms with van der Waals surface area (Å²) in [4.78, 5) is 33.5. The van der Waals surface area contributed by atoms with Crippen LogP contribution in [0.5, 0.6) is 0 Å². The van der Waals surface area contributed by atoms with Crippen molar-refractivity contribution in [1.29, 1.82) is 0 Å². The molecule has 2 aromatic carbocycles. The van der Waals surface area contributed by atoms with Crippen LogP contribution in [0.3, 0.4) is 0 Å². The van der Waals surface area contributed by atoms with Crippen molar-refractivity contribution in [3.05, 3.63) is 89.8 Å². The van der Waals surface area contributed by atoms with Crippen LogP contribution in [0.2, 0.25) is 5.02 Å². The fraction of sp³-hybridized carbons (Fsp3) is 0.0870. The average Bonchev–Trinajstić information content (AvgIpc) is 3.27. The van der Waals surface area contributed by atoms with Crippen molar-refractivity contribution in [3.8, 4) is 17.1 Å². The minimum Gasteiger partial charge on any atom is -0.447 e. The fourth-order valence-corrected chi connectivity index (χ4v) is 2.98. The molecular weight excluding hydrogens is 430 g/mol. The highest BCUT2D eigenvalue weighted by atomic mass is 35.5. The summed E-state index contributed by atoms with van der Waals surface area (Å²) in [5.41, 5.74) is 1.51. The Kier molecular flexibility index (Phi) is 6.23. The minimum absolute atomic E-state index is 0.156. The van der Waals surface area contributed by atoms with Crippen molar-refractivity contribution < 1.29 is 14.3 Å². The smallest absolute Gasteiger partial charge is 0.379 e. The van der Waals surface area contributed by atoms with Crippen molar-refractivity contribution in [2.75, 3.05) is 5.32 Å². The third-order valence-corrected chi connectivity index (χ3v) is 4.68. The zero-order chi connectivity index (χ0) is 22.5. The molecule has 0 saturated heterocycles. The number of benzene rings is 2. The monoisotopic (exact) mass is 447 g/mol. The van der Waals surface area contributed by atoms with Gasteiger partial charge in [-0.15, -0.1) is 5.10 Å². The molecule has 1 atom stereocenters. The van der Waals surface area contributed by atoms with Gasteiger partial charge in [0.1, 0.15) is 5.82 Å². The molecule has 4 rings (SSSR count). The summed E-state index contributed by atoms with van der Waals surface area (Å²) in [5, 5.41) is 7.34. The van der Waals surface area contributed by atoms with Crippen molar-refractivity contribution in [2.24, 2.45) is 0 Å². The zero-order valence-corrected chi connectivity index (χ0v) is 17.7. The summed E-state index contributed by atoms with van der Waals surface area (Å²) < 4.78 is 6.85. The number of hydrogen-bond donors (Lipinski definition) is 1. The normalized spacial score (nSPS) is 11.6. The molecule has 0 radical (unpaired) electrons. The molecule has 2 aromatic heterocycles. The van der Waals surface area contributed by atoms with E-state index in [0.717, 1.165) is 11.3 Å². The third-order valence-electron chi connectivity index (χ3n) is 4.45. The van der Waals surface area contributed by atoms with Crippen LogP contribution in [-0.4, -0.2) is 37.7 Å². The number of anilines is 1. The summed E-state index contributed by atoms with van der Waals surface area (Å²) in [6, 6.07) is 21.8. The van der Waals surface area contributed by atoms with Crippen LogP contribution in [0.15, 0.2) is 79.0 Å². The van der Waals surface area contributed by atoms with Gasteiger partial charge in [0.2, 0.25) is 0 Å². The van der Waals surface area contributed by atoms with E-state index in [9.17, 15) is 9.59 Å². The Hall–Kier alpha value is -4.04. The number of amides is 1. The number of carbonyl (C=O) groups excluding carboxylic acids is 2. The molecule has 0 saturated carbocycles. The van der Waals surface area contributed by atoms with E-state index in [1.165, 1.54) is 13.1 Å². The molecule has 32 heavy (non-hydrogen) atoms. The van der Waals surface area contributed by atoms with E-state index in [4.69, 9.17) is 16.3 Å². The standard InChI is InChI=1S/C23H18ClN5O3/c1-15(22(30)26-19-13-12-17(24)14-25-19)32-23(31)20-27-21(16-8-4-2-5-9-16)29(28-20)18-10-6-3-7-11-18/h2-15H,1H3,(H,25,26,30). The van der Waals surface area contributed by atoms with E-state index in [2.05, 4.69) is 20.4 Å². The van der Waals surface area contributed by atoms with E-state index in [1.807, 2.05) is 60.7 Å². The number of halogens is 1. The van der Waals surface area contributed by atoms with Gasteiger partial charge in [-0.2, -0.15) is 0 Å². The SMILES string of the molecule is CC(OC(=O)c1nc(-c2ccccc2)n(-c2ccccc2)n1)C(=O)Nc1ccc(Cl)cn1. The van der Waals surface area contributed by atoms with E-state index in [1.54, 1.807) is 16.8 Å². The van der Waals surface area contributed by atoms with Crippen LogP contribution >= 0.6 is 11.6 Å². The Morgan fingerprint density at radius 3 is 2.34 bits per heavy atom. The molecule has 0 bridgehead atoms. The van der Waals surface area contributed by atoms with Crippen LogP contribution < -0.4 is 5.32 Å². The number of para-hydroxylation sites is 1. The Labute approximate surface area is 188 Å². The molecular formula is C23H18ClN5O3. The summed E-state index contributed by atoms with van der Waals surface area (Å²) in [7, 11) is 0. The number of carbonyl (C=O) groups is 2. The number of pyridine rings is 1. The number of esters is 1. The lowest BCUT2D eigenvalue weighted by Gasteiger charge is -2.11. The second-order valence-electron chi connectivity index (χ2n) is 6.77. The first kappa shape index (κ1) is 21.2. The maximum absolute atomic E-state index is 12.7. The average molecular weight is 448 g/mol. The number of aromatic nitrogens is 4. The topological polar surface area (TPSA) is 99.0 Å². The lowest BCUT2D eigenvalue weighted by molar-refractivity contribution is -0.123. The van der Waals surface area contributed by atoms with Crippen molar-refractivity contribution in [1.82, 2.24) is 19.7 Å². The molecule has 2 heterocycles. The van der Waals surface area contributed by atoms with Gasteiger partial charge in [0.05, 0.1) is 10.7 Å². The molecule has 0 aliphatic rings. The highest BCUT2D eigenvalue weighted by Gasteiger charge is 2.24. The Balaban J connectivity index is 1.55. The van der Waals surface area contributed by atoms with E-state index >= 15 is 0 Å². The number of hydrogen-bond acceptors (Lipinski definition) is 6. The lowest BCUT2D eigenvalue weighted by atomic mass is 10.2. The van der Waals surface area contributed by atoms with Crippen LogP contribution in [0.1, 0.15) is 17.5 Å². The van der Waals surface area contributed by atoms with Gasteiger partial charge in [0.15, 0.2) is 11.9 Å². The predicted octanol–water partition coefficient (Wildman–Crippen LogP) is 4.17. The van der Waals surface area contributed by atoms with Crippen LogP contribution in [0.25, 0.3) is 17.1 Å². The Bertz CT molecular complexity index is 1170. The van der Waals surface area contributed by atoms with Gasteiger partial charge in [-0.1, -0.05) is 60.1 Å². The van der Waals surface area contributed by atoms with Crippen molar-refractivity contribution >= 4 is 29.3 Å². The molecule has 1 unspecified atom stereocenters. The van der Waals surface area contributed by atoms with Crippen molar-refractivity contribution in [2.45, 2.75) is 13.0 Å². The molecule has 160 valence electrons. The molecule has 0 fully saturated rings. The first-order valence-corrected chi connectivity index (χ1v) is 10.1. The molecule has 1 amide bonds. The summed E-state index contributed by atoms with van der Waals surface area (Å²) >= 11 is 5.79. The van der Waals surface area contributed by atoms with E-state index in [0.29, 0.717) is 16.7 Å². The summed E-state index contributed by atoms with van der Waals surface area (Å²) in [6.07, 6.45) is 0.308. The first-order chi connectivity index (χ1) is 15.5. The third kappa shape index (κ3) is 4.81. The highest BCUT2D eigenvalue weighted by molar-refractivity contribution is 6.30. The molecule has 9 heteroatoms. The van der Waals surface area contributed by atoms with Gasteiger partial charge < -0.3 is 10.1 Å². The minimum atomic E-state index is -1.09. The molecule has 0 aliphatic heterocycles. The van der Waals surface area contributed by atoms with Gasteiger partial charge in [0.25, 0.3) is 11.7 Å². The van der Waals surface area contributed by atoms with E-state index < -0.39 is 18.0 Å². The zero-order valence-electron chi connectivity index (χ0n) is 17.0. The lowest BCUT2D eigenvalue weighted by Crippen LogP contribution is -2.30. The van der Waals surface area contributed by atoms with Gasteiger partial charge in [0, 0.05) is 11.8 Å². The fourth-order valence-electron chi connectivity index (χ4n) is 2.87. The maximum atomic E-state index is 12.7. The second-order valence-corrected chi connectivity index (χ2v) is 7.21. The Morgan fingerprint density at radius 1 is 1.00 bits per heavy atom. The van der Waals surface area contributed by atoms with Gasteiger partial charge in [-0.25, -0.2) is 19.4 Å². The van der Waals surface area contributed by atoms with Gasteiger partial charge in [-0.05, 0) is 31.2 Å². The van der Waals surface area contributed by atoms with E-state index in [-0.39, 0.29) is 5.82 Å². The number of rotatable bonds is 6.